The molecule has 0 radical (unpaired) electrons. The molecule has 7 heteroatoms. The van der Waals surface area contributed by atoms with Gasteiger partial charge in [-0.25, -0.2) is 0 Å². The van der Waals surface area contributed by atoms with Crippen LogP contribution >= 0.6 is 0 Å². The molecule has 1 aromatic carbocycles. The van der Waals surface area contributed by atoms with E-state index in [9.17, 15) is 18.4 Å². The van der Waals surface area contributed by atoms with E-state index in [4.69, 9.17) is 5.11 Å². The zero-order valence-electron chi connectivity index (χ0n) is 10.5. The van der Waals surface area contributed by atoms with Crippen LogP contribution in [0.1, 0.15) is 10.4 Å². The van der Waals surface area contributed by atoms with Crippen molar-refractivity contribution in [1.29, 1.82) is 0 Å². The van der Waals surface area contributed by atoms with Gasteiger partial charge in [-0.3, -0.25) is 9.59 Å². The molecular weight excluding hydrogens is 272 g/mol. The summed E-state index contributed by atoms with van der Waals surface area (Å²) in [5.41, 5.74) is 0.0613. The fourth-order valence-corrected chi connectivity index (χ4v) is 1.53. The van der Waals surface area contributed by atoms with Gasteiger partial charge in [0, 0.05) is 12.1 Å². The van der Waals surface area contributed by atoms with Crippen molar-refractivity contribution in [2.24, 2.45) is 0 Å². The molecule has 1 amide bonds. The Hall–Kier alpha value is -2.44. The van der Waals surface area contributed by atoms with Gasteiger partial charge in [-0.05, 0) is 18.2 Å². The van der Waals surface area contributed by atoms with Gasteiger partial charge in [-0.2, -0.15) is 8.78 Å². The first-order valence-electron chi connectivity index (χ1n) is 5.61. The van der Waals surface area contributed by atoms with E-state index in [1.54, 1.807) is 0 Å². The predicted octanol–water partition coefficient (Wildman–Crippen LogP) is 2.00. The maximum absolute atomic E-state index is 12.1. The zero-order valence-corrected chi connectivity index (χ0v) is 10.5. The Bertz CT molecular complexity index is 505. The minimum absolute atomic E-state index is 0.0328. The minimum atomic E-state index is -3.00. The SMILES string of the molecule is C=CCN(CC(=O)O)C(=O)c1cccc(OC(F)F)c1. The van der Waals surface area contributed by atoms with Crippen molar-refractivity contribution >= 4 is 11.9 Å². The summed E-state index contributed by atoms with van der Waals surface area (Å²) in [5, 5.41) is 8.73. The van der Waals surface area contributed by atoms with Crippen LogP contribution in [-0.2, 0) is 4.79 Å². The number of aliphatic carboxylic acids is 1. The summed E-state index contributed by atoms with van der Waals surface area (Å²) >= 11 is 0. The lowest BCUT2D eigenvalue weighted by Crippen LogP contribution is -2.35. The van der Waals surface area contributed by atoms with Crippen molar-refractivity contribution in [1.82, 2.24) is 4.90 Å². The molecule has 5 nitrogen and oxygen atoms in total. The molecule has 0 saturated carbocycles. The van der Waals surface area contributed by atoms with Gasteiger partial charge in [-0.1, -0.05) is 12.1 Å². The predicted molar refractivity (Wildman–Crippen MR) is 66.8 cm³/mol. The molecule has 0 spiro atoms. The molecule has 0 aliphatic carbocycles. The van der Waals surface area contributed by atoms with Crippen LogP contribution in [0.4, 0.5) is 8.78 Å². The molecule has 108 valence electrons. The summed E-state index contributed by atoms with van der Waals surface area (Å²) in [7, 11) is 0. The summed E-state index contributed by atoms with van der Waals surface area (Å²) in [6, 6.07) is 5.17. The van der Waals surface area contributed by atoms with Crippen LogP contribution in [0.25, 0.3) is 0 Å². The monoisotopic (exact) mass is 285 g/mol. The van der Waals surface area contributed by atoms with E-state index in [2.05, 4.69) is 11.3 Å². The average molecular weight is 285 g/mol. The standard InChI is InChI=1S/C13H13F2NO4/c1-2-6-16(8-11(17)18)12(19)9-4-3-5-10(7-9)20-13(14)15/h2-5,7,13H,1,6,8H2,(H,17,18). The number of amides is 1. The maximum atomic E-state index is 12.1. The van der Waals surface area contributed by atoms with Crippen LogP contribution < -0.4 is 4.74 Å². The second-order valence-electron chi connectivity index (χ2n) is 3.77. The lowest BCUT2D eigenvalue weighted by atomic mass is 10.2. The van der Waals surface area contributed by atoms with E-state index in [1.165, 1.54) is 24.3 Å². The van der Waals surface area contributed by atoms with E-state index in [1.807, 2.05) is 0 Å². The summed E-state index contributed by atoms with van der Waals surface area (Å²) in [6.07, 6.45) is 1.38. The summed E-state index contributed by atoms with van der Waals surface area (Å²) in [5.74, 6) is -1.95. The third kappa shape index (κ3) is 4.68. The largest absolute Gasteiger partial charge is 0.480 e. The summed E-state index contributed by atoms with van der Waals surface area (Å²) in [6.45, 7) is -0.0429. The Kier molecular flexibility index (Phi) is 5.64. The van der Waals surface area contributed by atoms with Crippen molar-refractivity contribution in [3.63, 3.8) is 0 Å². The van der Waals surface area contributed by atoms with Gasteiger partial charge in [-0.15, -0.1) is 6.58 Å². The van der Waals surface area contributed by atoms with Gasteiger partial charge in [0.15, 0.2) is 0 Å². The van der Waals surface area contributed by atoms with E-state index >= 15 is 0 Å². The number of carboxylic acids is 1. The van der Waals surface area contributed by atoms with E-state index in [0.29, 0.717) is 0 Å². The molecule has 0 unspecified atom stereocenters. The fourth-order valence-electron chi connectivity index (χ4n) is 1.53. The fraction of sp³-hybridized carbons (Fsp3) is 0.231. The van der Waals surface area contributed by atoms with Gasteiger partial charge in [0.05, 0.1) is 0 Å². The lowest BCUT2D eigenvalue weighted by molar-refractivity contribution is -0.137. The van der Waals surface area contributed by atoms with Gasteiger partial charge < -0.3 is 14.7 Å². The molecule has 1 N–H and O–H groups in total. The molecule has 0 aliphatic rings. The van der Waals surface area contributed by atoms with Crippen molar-refractivity contribution < 1.29 is 28.2 Å². The first kappa shape index (κ1) is 15.6. The molecule has 0 saturated heterocycles. The first-order valence-corrected chi connectivity index (χ1v) is 5.61. The number of alkyl halides is 2. The van der Waals surface area contributed by atoms with E-state index in [0.717, 1.165) is 11.0 Å². The Labute approximate surface area is 114 Å². The average Bonchev–Trinajstić information content (AvgIpc) is 2.36. The van der Waals surface area contributed by atoms with Gasteiger partial charge in [0.1, 0.15) is 12.3 Å². The molecule has 1 rings (SSSR count). The highest BCUT2D eigenvalue weighted by Crippen LogP contribution is 2.17. The molecule has 20 heavy (non-hydrogen) atoms. The van der Waals surface area contributed by atoms with Crippen LogP contribution in [0, 0.1) is 0 Å². The highest BCUT2D eigenvalue weighted by molar-refractivity contribution is 5.96. The normalized spacial score (nSPS) is 10.2. The maximum Gasteiger partial charge on any atom is 0.387 e. The molecule has 0 aliphatic heterocycles. The Balaban J connectivity index is 2.93. The van der Waals surface area contributed by atoms with Crippen molar-refractivity contribution in [2.75, 3.05) is 13.1 Å². The molecule has 0 atom stereocenters. The second kappa shape index (κ2) is 7.22. The number of carbonyl (C=O) groups excluding carboxylic acids is 1. The number of carboxylic acid groups (broad SMARTS) is 1. The molecule has 0 heterocycles. The van der Waals surface area contributed by atoms with Crippen LogP contribution in [0.15, 0.2) is 36.9 Å². The van der Waals surface area contributed by atoms with E-state index < -0.39 is 25.0 Å². The molecular formula is C13H13F2NO4. The van der Waals surface area contributed by atoms with Crippen molar-refractivity contribution in [2.45, 2.75) is 6.61 Å². The van der Waals surface area contributed by atoms with Crippen LogP contribution in [0.2, 0.25) is 0 Å². The third-order valence-corrected chi connectivity index (χ3v) is 2.27. The van der Waals surface area contributed by atoms with E-state index in [-0.39, 0.29) is 17.9 Å². The molecule has 1 aromatic rings. The lowest BCUT2D eigenvalue weighted by Gasteiger charge is -2.19. The molecule has 0 bridgehead atoms. The first-order chi connectivity index (χ1) is 9.43. The van der Waals surface area contributed by atoms with Crippen molar-refractivity contribution in [3.8, 4) is 5.75 Å². The summed E-state index contributed by atoms with van der Waals surface area (Å²) in [4.78, 5) is 23.8. The number of hydrogen-bond donors (Lipinski definition) is 1. The highest BCUT2D eigenvalue weighted by Gasteiger charge is 2.18. The summed E-state index contributed by atoms with van der Waals surface area (Å²) < 4.78 is 28.4. The topological polar surface area (TPSA) is 66.8 Å². The van der Waals surface area contributed by atoms with Gasteiger partial charge >= 0.3 is 12.6 Å². The quantitative estimate of drug-likeness (QED) is 0.778. The Morgan fingerprint density at radius 1 is 1.45 bits per heavy atom. The number of hydrogen-bond acceptors (Lipinski definition) is 3. The smallest absolute Gasteiger partial charge is 0.387 e. The van der Waals surface area contributed by atoms with Gasteiger partial charge in [0.25, 0.3) is 5.91 Å². The Morgan fingerprint density at radius 3 is 2.70 bits per heavy atom. The van der Waals surface area contributed by atoms with Crippen LogP contribution in [-0.4, -0.2) is 41.6 Å². The second-order valence-corrected chi connectivity index (χ2v) is 3.77. The number of carbonyl (C=O) groups is 2. The number of halogens is 2. The van der Waals surface area contributed by atoms with Crippen molar-refractivity contribution in [3.05, 3.63) is 42.5 Å². The number of nitrogens with zero attached hydrogens (tertiary/aromatic N) is 1. The van der Waals surface area contributed by atoms with Crippen LogP contribution in [0.3, 0.4) is 0 Å². The van der Waals surface area contributed by atoms with Crippen LogP contribution in [0.5, 0.6) is 5.75 Å². The number of ether oxygens (including phenoxy) is 1. The zero-order chi connectivity index (χ0) is 15.1. The molecule has 0 fully saturated rings. The highest BCUT2D eigenvalue weighted by atomic mass is 19.3. The Morgan fingerprint density at radius 2 is 2.15 bits per heavy atom. The number of rotatable bonds is 7. The third-order valence-electron chi connectivity index (χ3n) is 2.27. The number of benzene rings is 1. The minimum Gasteiger partial charge on any atom is -0.480 e. The molecule has 0 aromatic heterocycles. The van der Waals surface area contributed by atoms with Gasteiger partial charge in [0.2, 0.25) is 0 Å².